The Bertz CT molecular complexity index is 957. The molecule has 0 radical (unpaired) electrons. The fraction of sp³-hybridized carbons (Fsp3) is 0.611. The van der Waals surface area contributed by atoms with Gasteiger partial charge >= 0.3 is 0 Å². The fourth-order valence-corrected chi connectivity index (χ4v) is 6.05. The topological polar surface area (TPSA) is 113 Å². The van der Waals surface area contributed by atoms with Gasteiger partial charge in [-0.25, -0.2) is 9.98 Å². The first-order valence-corrected chi connectivity index (χ1v) is 11.0. The average molecular weight is 401 g/mol. The Morgan fingerprint density at radius 3 is 3.04 bits per heavy atom. The molecule has 148 valence electrons. The number of aliphatic imine (C=N–C) groups is 2. The van der Waals surface area contributed by atoms with E-state index in [1.807, 2.05) is 19.3 Å². The Kier molecular flexibility index (Phi) is 3.91. The van der Waals surface area contributed by atoms with E-state index in [1.54, 1.807) is 6.34 Å². The third kappa shape index (κ3) is 2.85. The maximum absolute atomic E-state index is 12.6. The van der Waals surface area contributed by atoms with Crippen molar-refractivity contribution >= 4 is 22.4 Å². The summed E-state index contributed by atoms with van der Waals surface area (Å²) in [5, 5.41) is 12.4. The van der Waals surface area contributed by atoms with Crippen LogP contribution < -0.4 is 10.0 Å². The van der Waals surface area contributed by atoms with Crippen molar-refractivity contribution in [3.05, 3.63) is 24.2 Å². The number of amidine groups is 1. The molecule has 9 nitrogen and oxygen atoms in total. The van der Waals surface area contributed by atoms with Crippen LogP contribution in [0.4, 0.5) is 0 Å². The monoisotopic (exact) mass is 401 g/mol. The van der Waals surface area contributed by atoms with Crippen LogP contribution in [0.3, 0.4) is 0 Å². The van der Waals surface area contributed by atoms with Crippen molar-refractivity contribution in [2.75, 3.05) is 20.1 Å². The lowest BCUT2D eigenvalue weighted by Gasteiger charge is -2.42. The Balaban J connectivity index is 1.17. The highest BCUT2D eigenvalue weighted by Gasteiger charge is 2.63. The van der Waals surface area contributed by atoms with Crippen LogP contribution in [0.15, 0.2) is 34.2 Å². The second kappa shape index (κ2) is 6.14. The van der Waals surface area contributed by atoms with E-state index in [0.29, 0.717) is 13.1 Å². The van der Waals surface area contributed by atoms with Crippen molar-refractivity contribution in [2.24, 2.45) is 27.2 Å². The molecule has 0 aromatic rings. The van der Waals surface area contributed by atoms with E-state index in [4.69, 9.17) is 0 Å². The van der Waals surface area contributed by atoms with Gasteiger partial charge in [0.25, 0.3) is 10.2 Å². The van der Waals surface area contributed by atoms with Crippen LogP contribution in [0.5, 0.6) is 0 Å². The first kappa shape index (κ1) is 17.8. The number of hydrogen-bond donors (Lipinski definition) is 2. The maximum Gasteiger partial charge on any atom is 0.279 e. The molecule has 0 aromatic carbocycles. The van der Waals surface area contributed by atoms with Crippen molar-refractivity contribution in [2.45, 2.75) is 31.3 Å². The molecule has 5 rings (SSSR count). The van der Waals surface area contributed by atoms with E-state index in [2.05, 4.69) is 37.1 Å². The lowest BCUT2D eigenvalue weighted by molar-refractivity contribution is 0.162. The molecule has 1 saturated heterocycles. The molecule has 10 heteroatoms. The molecule has 3 heterocycles. The van der Waals surface area contributed by atoms with Gasteiger partial charge in [-0.2, -0.15) is 22.7 Å². The minimum absolute atomic E-state index is 0.0809. The summed E-state index contributed by atoms with van der Waals surface area (Å²) < 4.78 is 29.5. The lowest BCUT2D eigenvalue weighted by Crippen LogP contribution is -2.55. The molecule has 5 aliphatic rings. The van der Waals surface area contributed by atoms with Crippen molar-refractivity contribution < 1.29 is 8.42 Å². The van der Waals surface area contributed by atoms with E-state index in [1.165, 1.54) is 4.31 Å². The van der Waals surface area contributed by atoms with Gasteiger partial charge in [0.1, 0.15) is 18.0 Å². The van der Waals surface area contributed by atoms with Gasteiger partial charge in [0.2, 0.25) is 0 Å². The molecule has 3 atom stereocenters. The molecule has 2 N–H and O–H groups in total. The van der Waals surface area contributed by atoms with Crippen LogP contribution in [0.1, 0.15) is 19.3 Å². The largest absolute Gasteiger partial charge is 0.357 e. The van der Waals surface area contributed by atoms with Gasteiger partial charge in [0, 0.05) is 32.2 Å². The van der Waals surface area contributed by atoms with Crippen LogP contribution >= 0.6 is 0 Å². The van der Waals surface area contributed by atoms with Crippen LogP contribution in [0, 0.1) is 28.6 Å². The standard InChI is InChI=1S/C18H23N7O2S/c1-24(16-4-12-2-3-20-17(12)22-11-21-16)15-5-14(6-15)23-28(26,27)25-8-13-7-18(13,9-19)10-25/h2-4,11-15,23H,5-8,10H2,1H3,(H,20,21,22)/t12?,13-,14?,15?,18-/m0/s1. The number of piperidine rings is 1. The molecule has 0 aromatic heterocycles. The quantitative estimate of drug-likeness (QED) is 0.681. The highest BCUT2D eigenvalue weighted by Crippen LogP contribution is 2.57. The van der Waals surface area contributed by atoms with Crippen LogP contribution in [-0.2, 0) is 10.2 Å². The zero-order valence-electron chi connectivity index (χ0n) is 15.6. The minimum Gasteiger partial charge on any atom is -0.357 e. The Hall–Kier alpha value is -2.22. The predicted octanol–water partition coefficient (Wildman–Crippen LogP) is 0.144. The second-order valence-corrected chi connectivity index (χ2v) is 10.0. The van der Waals surface area contributed by atoms with E-state index in [0.717, 1.165) is 30.9 Å². The van der Waals surface area contributed by atoms with Gasteiger partial charge in [-0.3, -0.25) is 0 Å². The molecule has 3 aliphatic heterocycles. The van der Waals surface area contributed by atoms with Gasteiger partial charge in [-0.15, -0.1) is 0 Å². The number of rotatable bonds is 5. The Morgan fingerprint density at radius 1 is 1.46 bits per heavy atom. The number of nitriles is 1. The molecule has 0 spiro atoms. The smallest absolute Gasteiger partial charge is 0.279 e. The highest BCUT2D eigenvalue weighted by molar-refractivity contribution is 7.87. The van der Waals surface area contributed by atoms with Crippen LogP contribution in [0.25, 0.3) is 0 Å². The maximum atomic E-state index is 12.6. The van der Waals surface area contributed by atoms with Gasteiger partial charge in [0.15, 0.2) is 0 Å². The molecule has 0 bridgehead atoms. The molecule has 1 unspecified atom stereocenters. The zero-order chi connectivity index (χ0) is 19.5. The summed E-state index contributed by atoms with van der Waals surface area (Å²) in [5.74, 6) is 2.02. The Morgan fingerprint density at radius 2 is 2.29 bits per heavy atom. The summed E-state index contributed by atoms with van der Waals surface area (Å²) >= 11 is 0. The fourth-order valence-electron chi connectivity index (χ4n) is 4.51. The Labute approximate surface area is 164 Å². The number of hydrogen-bond acceptors (Lipinski definition) is 7. The molecule has 28 heavy (non-hydrogen) atoms. The molecule has 3 fully saturated rings. The van der Waals surface area contributed by atoms with Crippen molar-refractivity contribution in [3.63, 3.8) is 0 Å². The second-order valence-electron chi connectivity index (χ2n) is 8.33. The summed E-state index contributed by atoms with van der Waals surface area (Å²) in [6.45, 7) is 0.790. The molecule has 2 saturated carbocycles. The van der Waals surface area contributed by atoms with Crippen LogP contribution in [0.2, 0.25) is 0 Å². The van der Waals surface area contributed by atoms with E-state index < -0.39 is 15.6 Å². The van der Waals surface area contributed by atoms with Crippen molar-refractivity contribution in [1.29, 1.82) is 5.26 Å². The third-order valence-corrected chi connectivity index (χ3v) is 8.17. The van der Waals surface area contributed by atoms with Crippen molar-refractivity contribution in [1.82, 2.24) is 19.2 Å². The minimum atomic E-state index is -3.53. The normalized spacial score (nSPS) is 38.3. The third-order valence-electron chi connectivity index (χ3n) is 6.58. The molecule has 0 amide bonds. The average Bonchev–Trinajstić information content (AvgIpc) is 3.02. The first-order valence-electron chi connectivity index (χ1n) is 9.57. The first-order chi connectivity index (χ1) is 13.4. The van der Waals surface area contributed by atoms with Gasteiger partial charge < -0.3 is 10.2 Å². The summed E-state index contributed by atoms with van der Waals surface area (Å²) in [6.07, 6.45) is 9.83. The van der Waals surface area contributed by atoms with E-state index in [-0.39, 0.29) is 23.9 Å². The summed E-state index contributed by atoms with van der Waals surface area (Å²) in [7, 11) is -1.54. The van der Waals surface area contributed by atoms with Crippen LogP contribution in [-0.4, -0.2) is 62.0 Å². The van der Waals surface area contributed by atoms with E-state index in [9.17, 15) is 13.7 Å². The van der Waals surface area contributed by atoms with Crippen molar-refractivity contribution in [3.8, 4) is 6.07 Å². The number of fused-ring (bicyclic) bond motifs is 2. The molecular weight excluding hydrogens is 378 g/mol. The predicted molar refractivity (Wildman–Crippen MR) is 104 cm³/mol. The molecule has 2 aliphatic carbocycles. The van der Waals surface area contributed by atoms with Gasteiger partial charge in [-0.1, -0.05) is 6.08 Å². The summed E-state index contributed by atoms with van der Waals surface area (Å²) in [4.78, 5) is 10.8. The van der Waals surface area contributed by atoms with E-state index >= 15 is 0 Å². The SMILES string of the molecule is CN(C1=CC2C=CNC2=NC=N1)C1CC(NS(=O)(=O)N2C[C@@H]3C[C@]3(C#N)C2)C1. The number of nitrogens with zero attached hydrogens (tertiary/aromatic N) is 5. The number of nitrogens with one attached hydrogen (secondary N) is 2. The summed E-state index contributed by atoms with van der Waals surface area (Å²) in [6, 6.07) is 2.45. The molecular formula is C18H23N7O2S. The van der Waals surface area contributed by atoms with Gasteiger partial charge in [-0.05, 0) is 37.5 Å². The highest BCUT2D eigenvalue weighted by atomic mass is 32.2. The lowest BCUT2D eigenvalue weighted by atomic mass is 9.86. The summed E-state index contributed by atoms with van der Waals surface area (Å²) in [5.41, 5.74) is -0.425. The van der Waals surface area contributed by atoms with Gasteiger partial charge in [0.05, 0.1) is 17.4 Å². The zero-order valence-corrected chi connectivity index (χ0v) is 16.4.